The summed E-state index contributed by atoms with van der Waals surface area (Å²) < 4.78 is 5.90. The Kier molecular flexibility index (Phi) is 5.05. The molecule has 110 valence electrons. The molecule has 0 aromatic heterocycles. The molecule has 0 bridgehead atoms. The average molecular weight is 275 g/mol. The van der Waals surface area contributed by atoms with Crippen molar-refractivity contribution in [3.05, 3.63) is 29.8 Å². The van der Waals surface area contributed by atoms with Gasteiger partial charge in [-0.25, -0.2) is 0 Å². The molecule has 1 aliphatic rings. The summed E-state index contributed by atoms with van der Waals surface area (Å²) >= 11 is 0. The molecule has 1 atom stereocenters. The lowest BCUT2D eigenvalue weighted by Gasteiger charge is -2.28. The number of aryl methyl sites for hydroxylation is 1. The summed E-state index contributed by atoms with van der Waals surface area (Å²) in [4.78, 5) is 14.5. The van der Waals surface area contributed by atoms with E-state index >= 15 is 0 Å². The van der Waals surface area contributed by atoms with Gasteiger partial charge in [0.1, 0.15) is 5.75 Å². The van der Waals surface area contributed by atoms with Crippen LogP contribution in [0.15, 0.2) is 24.3 Å². The third kappa shape index (κ3) is 3.53. The lowest BCUT2D eigenvalue weighted by Crippen LogP contribution is -2.44. The smallest absolute Gasteiger partial charge is 0.263 e. The van der Waals surface area contributed by atoms with Gasteiger partial charge in [0.05, 0.1) is 0 Å². The first kappa shape index (κ1) is 14.9. The van der Waals surface area contributed by atoms with Gasteiger partial charge in [0.15, 0.2) is 6.10 Å². The number of hydrogen-bond donors (Lipinski definition) is 0. The first-order valence-corrected chi connectivity index (χ1v) is 7.61. The number of rotatable bonds is 5. The van der Waals surface area contributed by atoms with Crippen LogP contribution in [0.2, 0.25) is 0 Å². The maximum atomic E-state index is 12.6. The van der Waals surface area contributed by atoms with Gasteiger partial charge in [0.2, 0.25) is 0 Å². The van der Waals surface area contributed by atoms with Gasteiger partial charge >= 0.3 is 0 Å². The first-order chi connectivity index (χ1) is 9.61. The van der Waals surface area contributed by atoms with Crippen molar-refractivity contribution in [3.8, 4) is 5.75 Å². The van der Waals surface area contributed by atoms with Crippen molar-refractivity contribution < 1.29 is 9.53 Å². The van der Waals surface area contributed by atoms with Gasteiger partial charge < -0.3 is 9.64 Å². The largest absolute Gasteiger partial charge is 0.481 e. The van der Waals surface area contributed by atoms with Gasteiger partial charge in [0, 0.05) is 13.1 Å². The third-order valence-electron chi connectivity index (χ3n) is 4.13. The number of ether oxygens (including phenoxy) is 1. The fraction of sp³-hybridized carbons (Fsp3) is 0.588. The van der Waals surface area contributed by atoms with E-state index in [2.05, 4.69) is 0 Å². The fourth-order valence-corrected chi connectivity index (χ4v) is 2.86. The Morgan fingerprint density at radius 2 is 2.10 bits per heavy atom. The van der Waals surface area contributed by atoms with Crippen molar-refractivity contribution in [1.29, 1.82) is 0 Å². The molecule has 0 aliphatic heterocycles. The molecule has 0 heterocycles. The summed E-state index contributed by atoms with van der Waals surface area (Å²) in [6.07, 6.45) is 5.05. The summed E-state index contributed by atoms with van der Waals surface area (Å²) in [7, 11) is 1.92. The van der Waals surface area contributed by atoms with Crippen molar-refractivity contribution in [1.82, 2.24) is 4.90 Å². The van der Waals surface area contributed by atoms with Crippen LogP contribution in [0.5, 0.6) is 5.75 Å². The van der Waals surface area contributed by atoms with Crippen LogP contribution in [0.1, 0.15) is 44.6 Å². The predicted octanol–water partition coefficient (Wildman–Crippen LogP) is 3.55. The van der Waals surface area contributed by atoms with Crippen LogP contribution < -0.4 is 4.74 Å². The molecule has 2 rings (SSSR count). The highest BCUT2D eigenvalue weighted by atomic mass is 16.5. The van der Waals surface area contributed by atoms with E-state index in [1.165, 1.54) is 12.8 Å². The summed E-state index contributed by atoms with van der Waals surface area (Å²) in [5.41, 5.74) is 1.15. The average Bonchev–Trinajstić information content (AvgIpc) is 2.97. The summed E-state index contributed by atoms with van der Waals surface area (Å²) in [6, 6.07) is 8.28. The molecular formula is C17H25NO2. The van der Waals surface area contributed by atoms with Crippen molar-refractivity contribution in [2.24, 2.45) is 0 Å². The van der Waals surface area contributed by atoms with Crippen LogP contribution in [-0.2, 0) is 4.79 Å². The van der Waals surface area contributed by atoms with Gasteiger partial charge in [-0.3, -0.25) is 4.79 Å². The van der Waals surface area contributed by atoms with Crippen LogP contribution in [-0.4, -0.2) is 30.0 Å². The molecule has 3 nitrogen and oxygen atoms in total. The first-order valence-electron chi connectivity index (χ1n) is 7.61. The Balaban J connectivity index is 2.01. The Morgan fingerprint density at radius 1 is 1.40 bits per heavy atom. The second-order valence-corrected chi connectivity index (χ2v) is 5.72. The molecule has 1 saturated carbocycles. The van der Waals surface area contributed by atoms with Gasteiger partial charge in [-0.05, 0) is 43.9 Å². The van der Waals surface area contributed by atoms with Crippen molar-refractivity contribution in [2.45, 2.75) is 58.1 Å². The van der Waals surface area contributed by atoms with E-state index in [0.29, 0.717) is 12.5 Å². The van der Waals surface area contributed by atoms with Crippen molar-refractivity contribution in [3.63, 3.8) is 0 Å². The summed E-state index contributed by atoms with van der Waals surface area (Å²) in [5.74, 6) is 0.894. The second kappa shape index (κ2) is 6.78. The molecule has 0 radical (unpaired) electrons. The SMILES string of the molecule is CCC(Oc1cccc(C)c1)C(=O)N(C)C1CCCC1. The topological polar surface area (TPSA) is 29.5 Å². The molecule has 0 N–H and O–H groups in total. The predicted molar refractivity (Wildman–Crippen MR) is 80.9 cm³/mol. The second-order valence-electron chi connectivity index (χ2n) is 5.72. The Bertz CT molecular complexity index is 452. The lowest BCUT2D eigenvalue weighted by atomic mass is 10.1. The Morgan fingerprint density at radius 3 is 2.70 bits per heavy atom. The standard InChI is InChI=1S/C17H25NO2/c1-4-16(20-15-11-7-8-13(2)12-15)17(19)18(3)14-9-5-6-10-14/h7-8,11-12,14,16H,4-6,9-10H2,1-3H3. The van der Waals surface area contributed by atoms with E-state index in [-0.39, 0.29) is 12.0 Å². The zero-order valence-electron chi connectivity index (χ0n) is 12.8. The van der Waals surface area contributed by atoms with E-state index in [0.717, 1.165) is 24.2 Å². The molecule has 3 heteroatoms. The number of benzene rings is 1. The van der Waals surface area contributed by atoms with Gasteiger partial charge in [-0.15, -0.1) is 0 Å². The van der Waals surface area contributed by atoms with E-state index in [9.17, 15) is 4.79 Å². The molecule has 1 amide bonds. The molecule has 1 aliphatic carbocycles. The van der Waals surface area contributed by atoms with Crippen LogP contribution >= 0.6 is 0 Å². The minimum absolute atomic E-state index is 0.112. The van der Waals surface area contributed by atoms with E-state index in [1.54, 1.807) is 0 Å². The number of nitrogens with zero attached hydrogens (tertiary/aromatic N) is 1. The minimum Gasteiger partial charge on any atom is -0.481 e. The van der Waals surface area contributed by atoms with E-state index in [1.807, 2.05) is 50.1 Å². The summed E-state index contributed by atoms with van der Waals surface area (Å²) in [5, 5.41) is 0. The van der Waals surface area contributed by atoms with Gasteiger partial charge in [0.25, 0.3) is 5.91 Å². The highest BCUT2D eigenvalue weighted by molar-refractivity contribution is 5.81. The molecule has 1 aromatic rings. The minimum atomic E-state index is -0.373. The maximum Gasteiger partial charge on any atom is 0.263 e. The highest BCUT2D eigenvalue weighted by Gasteiger charge is 2.29. The van der Waals surface area contributed by atoms with Crippen LogP contribution in [0.4, 0.5) is 0 Å². The Hall–Kier alpha value is -1.51. The summed E-state index contributed by atoms with van der Waals surface area (Å²) in [6.45, 7) is 4.03. The molecule has 0 saturated heterocycles. The lowest BCUT2D eigenvalue weighted by molar-refractivity contribution is -0.139. The van der Waals surface area contributed by atoms with Crippen molar-refractivity contribution >= 4 is 5.91 Å². The molecular weight excluding hydrogens is 250 g/mol. The molecule has 1 aromatic carbocycles. The number of hydrogen-bond acceptors (Lipinski definition) is 2. The third-order valence-corrected chi connectivity index (χ3v) is 4.13. The quantitative estimate of drug-likeness (QED) is 0.822. The number of amides is 1. The normalized spacial score (nSPS) is 16.9. The van der Waals surface area contributed by atoms with Crippen LogP contribution in [0.25, 0.3) is 0 Å². The van der Waals surface area contributed by atoms with Crippen molar-refractivity contribution in [2.75, 3.05) is 7.05 Å². The molecule has 1 fully saturated rings. The van der Waals surface area contributed by atoms with Crippen LogP contribution in [0.3, 0.4) is 0 Å². The fourth-order valence-electron chi connectivity index (χ4n) is 2.86. The zero-order chi connectivity index (χ0) is 14.5. The number of likely N-dealkylation sites (N-methyl/N-ethyl adjacent to an activating group) is 1. The zero-order valence-corrected chi connectivity index (χ0v) is 12.8. The Labute approximate surface area is 121 Å². The molecule has 20 heavy (non-hydrogen) atoms. The highest BCUT2D eigenvalue weighted by Crippen LogP contribution is 2.24. The van der Waals surface area contributed by atoms with Gasteiger partial charge in [-0.1, -0.05) is 31.9 Å². The van der Waals surface area contributed by atoms with Crippen LogP contribution in [0, 0.1) is 6.92 Å². The van der Waals surface area contributed by atoms with Gasteiger partial charge in [-0.2, -0.15) is 0 Å². The molecule has 1 unspecified atom stereocenters. The van der Waals surface area contributed by atoms with E-state index < -0.39 is 0 Å². The van der Waals surface area contributed by atoms with E-state index in [4.69, 9.17) is 4.74 Å². The maximum absolute atomic E-state index is 12.6. The number of carbonyl (C=O) groups excluding carboxylic acids is 1. The monoisotopic (exact) mass is 275 g/mol. The molecule has 0 spiro atoms. The number of carbonyl (C=O) groups is 1.